The number of nitrogens with one attached hydrogen (secondary N) is 3. The molecule has 0 aromatic heterocycles. The molecule has 1 heterocycles. The first-order valence-electron chi connectivity index (χ1n) is 22.0. The molecule has 4 rings (SSSR count). The Kier molecular flexibility index (Phi) is 21.0. The van der Waals surface area contributed by atoms with E-state index in [9.17, 15) is 18.0 Å². The summed E-state index contributed by atoms with van der Waals surface area (Å²) in [6.45, 7) is 8.30. The van der Waals surface area contributed by atoms with Gasteiger partial charge in [0.15, 0.2) is 11.5 Å². The van der Waals surface area contributed by atoms with Crippen molar-refractivity contribution < 1.29 is 18.0 Å². The topological polar surface area (TPSA) is 136 Å². The zero-order valence-electron chi connectivity index (χ0n) is 34.9. The normalized spacial score (nSPS) is 32.6. The summed E-state index contributed by atoms with van der Waals surface area (Å²) in [5.74, 6) is 0.311. The molecule has 1 saturated heterocycles. The molecular weight excluding hydrogens is 828 g/mol. The first kappa shape index (κ1) is 48.8. The van der Waals surface area contributed by atoms with Gasteiger partial charge < -0.3 is 5.32 Å². The Morgan fingerprint density at radius 1 is 0.825 bits per heavy atom. The minimum Gasteiger partial charge on any atom is -0.353 e. The number of amides is 2. The minimum absolute atomic E-state index is 0.0500. The summed E-state index contributed by atoms with van der Waals surface area (Å²) in [6, 6.07) is -0.728. The average Bonchev–Trinajstić information content (AvgIpc) is 3.43. The van der Waals surface area contributed by atoms with E-state index in [0.717, 1.165) is 45.1 Å². The van der Waals surface area contributed by atoms with Crippen LogP contribution >= 0.6 is 46.4 Å². The van der Waals surface area contributed by atoms with E-state index >= 15 is 0 Å². The average molecular weight is 900 g/mol. The first-order valence-corrected chi connectivity index (χ1v) is 25.6. The van der Waals surface area contributed by atoms with Crippen LogP contribution < -0.4 is 15.5 Å². The molecule has 8 unspecified atom stereocenters. The van der Waals surface area contributed by atoms with E-state index in [-0.39, 0.29) is 58.4 Å². The predicted octanol–water partition coefficient (Wildman–Crippen LogP) is 7.93. The van der Waals surface area contributed by atoms with Crippen LogP contribution in [-0.2, 0) is 19.6 Å². The standard InChI is InChI=1S/C41H71Cl4N7O4S/c1-5-7-8-9-10-11-12-13-14-15-16-17-37(53)47-30-18-20-32(43)36(27-30)49-40-38(41(54)52(50-40)39-33(44)25-29(42)26-34(39)45)48-35-21-19-31(24-28(35)3)51(6-2)23-22-46-57(4,55)56/h28-36,39,46H,5-27H2,1-4H3,(H,47,53)(H,49,50). The Hall–Kier alpha value is -0.890. The van der Waals surface area contributed by atoms with E-state index in [0.29, 0.717) is 51.0 Å². The largest absolute Gasteiger partial charge is 0.353 e. The Labute approximate surface area is 364 Å². The molecule has 1 aliphatic heterocycles. The molecule has 4 aliphatic rings. The number of carbonyl (C=O) groups is 2. The number of alkyl halides is 4. The number of nitrogens with zero attached hydrogens (tertiary/aromatic N) is 4. The van der Waals surface area contributed by atoms with Crippen molar-refractivity contribution in [3.8, 4) is 0 Å². The molecule has 3 saturated carbocycles. The quantitative estimate of drug-likeness (QED) is 0.0747. The molecule has 11 nitrogen and oxygen atoms in total. The lowest BCUT2D eigenvalue weighted by molar-refractivity contribution is -0.127. The number of rotatable bonds is 22. The molecular formula is C41H71Cl4N7O4S. The number of unbranched alkanes of at least 4 members (excludes halogenated alkanes) is 10. The van der Waals surface area contributed by atoms with E-state index < -0.39 is 26.8 Å². The van der Waals surface area contributed by atoms with Crippen LogP contribution in [0.1, 0.15) is 149 Å². The fourth-order valence-electron chi connectivity index (χ4n) is 9.07. The van der Waals surface area contributed by atoms with Crippen molar-refractivity contribution >= 4 is 79.8 Å². The van der Waals surface area contributed by atoms with Gasteiger partial charge in [-0.1, -0.05) is 85.0 Å². The second kappa shape index (κ2) is 24.5. The highest BCUT2D eigenvalue weighted by molar-refractivity contribution is 7.88. The number of hydrogen-bond donors (Lipinski definition) is 3. The highest BCUT2D eigenvalue weighted by Crippen LogP contribution is 2.36. The second-order valence-corrected chi connectivity index (χ2v) is 21.2. The summed E-state index contributed by atoms with van der Waals surface area (Å²) in [6.07, 6.45) is 21.0. The van der Waals surface area contributed by atoms with Crippen LogP contribution in [0.2, 0.25) is 0 Å². The fourth-order valence-corrected chi connectivity index (χ4v) is 11.5. The summed E-state index contributed by atoms with van der Waals surface area (Å²) in [5, 5.41) is 3.42. The van der Waals surface area contributed by atoms with Crippen molar-refractivity contribution in [1.82, 2.24) is 25.4 Å². The van der Waals surface area contributed by atoms with Crippen molar-refractivity contribution in [2.45, 2.75) is 201 Å². The molecule has 0 aromatic carbocycles. The Morgan fingerprint density at radius 2 is 1.46 bits per heavy atom. The van der Waals surface area contributed by atoms with Crippen molar-refractivity contribution in [1.29, 1.82) is 0 Å². The van der Waals surface area contributed by atoms with Crippen LogP contribution in [0.4, 0.5) is 0 Å². The van der Waals surface area contributed by atoms with Gasteiger partial charge in [0.1, 0.15) is 0 Å². The maximum atomic E-state index is 14.3. The highest BCUT2D eigenvalue weighted by Gasteiger charge is 2.47. The monoisotopic (exact) mass is 897 g/mol. The van der Waals surface area contributed by atoms with Gasteiger partial charge in [-0.25, -0.2) is 18.1 Å². The lowest BCUT2D eigenvalue weighted by atomic mass is 9.82. The molecule has 2 amide bonds. The van der Waals surface area contributed by atoms with E-state index in [1.54, 1.807) is 0 Å². The predicted molar refractivity (Wildman–Crippen MR) is 238 cm³/mol. The smallest absolute Gasteiger partial charge is 0.294 e. The van der Waals surface area contributed by atoms with Crippen LogP contribution in [0.5, 0.6) is 0 Å². The number of halogens is 4. The van der Waals surface area contributed by atoms with Crippen LogP contribution in [-0.4, -0.2) is 119 Å². The molecule has 4 fully saturated rings. The van der Waals surface area contributed by atoms with Gasteiger partial charge in [-0.3, -0.25) is 29.9 Å². The molecule has 0 radical (unpaired) electrons. The third-order valence-electron chi connectivity index (χ3n) is 12.4. The van der Waals surface area contributed by atoms with Gasteiger partial charge in [-0.15, -0.1) is 46.4 Å². The zero-order valence-corrected chi connectivity index (χ0v) is 38.7. The lowest BCUT2D eigenvalue weighted by Crippen LogP contribution is -2.56. The van der Waals surface area contributed by atoms with Gasteiger partial charge in [0.25, 0.3) is 5.91 Å². The van der Waals surface area contributed by atoms with E-state index in [2.05, 4.69) is 41.1 Å². The number of hydrogen-bond acceptors (Lipinski definition) is 7. The number of amidine groups is 1. The number of aliphatic imine (C=N–C) groups is 2. The molecule has 8 atom stereocenters. The minimum atomic E-state index is -3.26. The highest BCUT2D eigenvalue weighted by atomic mass is 35.5. The second-order valence-electron chi connectivity index (χ2n) is 17.1. The van der Waals surface area contributed by atoms with Crippen molar-refractivity contribution in [3.05, 3.63) is 0 Å². The Morgan fingerprint density at radius 3 is 2.05 bits per heavy atom. The molecule has 3 N–H and O–H groups in total. The molecule has 3 aliphatic carbocycles. The van der Waals surface area contributed by atoms with Crippen molar-refractivity contribution in [3.63, 3.8) is 0 Å². The van der Waals surface area contributed by atoms with Crippen LogP contribution in [0.25, 0.3) is 0 Å². The summed E-state index contributed by atoms with van der Waals surface area (Å²) in [4.78, 5) is 39.9. The third kappa shape index (κ3) is 15.8. The summed E-state index contributed by atoms with van der Waals surface area (Å²) < 4.78 is 25.9. The van der Waals surface area contributed by atoms with Gasteiger partial charge in [0, 0.05) is 37.0 Å². The SMILES string of the molecule is CCCCCCCCCCCCCC(=O)NC1CCC(Cl)C(N=C2NN(C3C(Cl)CC(Cl)CC3Cl)C(=O)C2=NC2CCC(N(CC)CCNS(C)(=O)=O)CC2C)C1. The number of carbonyl (C=O) groups excluding carboxylic acids is 2. The van der Waals surface area contributed by atoms with Gasteiger partial charge in [0.05, 0.1) is 40.5 Å². The number of likely N-dealkylation sites (N-methyl/N-ethyl adjacent to an activating group) is 1. The first-order chi connectivity index (χ1) is 27.2. The number of hydrazine groups is 1. The van der Waals surface area contributed by atoms with Crippen LogP contribution in [0.3, 0.4) is 0 Å². The van der Waals surface area contributed by atoms with E-state index in [4.69, 9.17) is 56.4 Å². The van der Waals surface area contributed by atoms with Crippen molar-refractivity contribution in [2.75, 3.05) is 25.9 Å². The fraction of sp³-hybridized carbons (Fsp3) is 0.902. The summed E-state index contributed by atoms with van der Waals surface area (Å²) in [7, 11) is -3.26. The van der Waals surface area contributed by atoms with Crippen LogP contribution in [0.15, 0.2) is 9.98 Å². The van der Waals surface area contributed by atoms with Gasteiger partial charge >= 0.3 is 0 Å². The summed E-state index contributed by atoms with van der Waals surface area (Å²) >= 11 is 27.1. The van der Waals surface area contributed by atoms with Crippen molar-refractivity contribution in [2.24, 2.45) is 15.9 Å². The third-order valence-corrected chi connectivity index (χ3v) is 14.8. The summed E-state index contributed by atoms with van der Waals surface area (Å²) in [5.41, 5.74) is 3.55. The van der Waals surface area contributed by atoms with Gasteiger partial charge in [0.2, 0.25) is 15.9 Å². The Bertz CT molecular complexity index is 1430. The van der Waals surface area contributed by atoms with E-state index in [1.165, 1.54) is 69.1 Å². The zero-order chi connectivity index (χ0) is 41.5. The molecule has 328 valence electrons. The maximum Gasteiger partial charge on any atom is 0.294 e. The van der Waals surface area contributed by atoms with Crippen LogP contribution in [0, 0.1) is 5.92 Å². The molecule has 0 spiro atoms. The maximum absolute atomic E-state index is 14.3. The molecule has 0 bridgehead atoms. The Balaban J connectivity index is 1.39. The lowest BCUT2D eigenvalue weighted by Gasteiger charge is -2.39. The van der Waals surface area contributed by atoms with Gasteiger partial charge in [-0.05, 0) is 70.3 Å². The molecule has 16 heteroatoms. The number of sulfonamides is 1. The van der Waals surface area contributed by atoms with E-state index in [1.807, 2.05) is 0 Å². The molecule has 0 aromatic rings. The molecule has 57 heavy (non-hydrogen) atoms. The van der Waals surface area contributed by atoms with Gasteiger partial charge in [-0.2, -0.15) is 0 Å².